The maximum Gasteiger partial charge on any atom is 0.247 e. The van der Waals surface area contributed by atoms with Crippen LogP contribution in [0.3, 0.4) is 0 Å². The minimum atomic E-state index is -0.0492. The van der Waals surface area contributed by atoms with Crippen LogP contribution in [0.15, 0.2) is 109 Å². The molecule has 2 aliphatic heterocycles. The van der Waals surface area contributed by atoms with Crippen LogP contribution >= 0.6 is 0 Å². The molecule has 1 nitrogen and oxygen atoms in total. The number of para-hydroxylation sites is 1. The Morgan fingerprint density at radius 1 is 0.629 bits per heavy atom. The first-order valence-electron chi connectivity index (χ1n) is 12.5. The number of fused-ring (bicyclic) bond motifs is 8. The third-order valence-corrected chi connectivity index (χ3v) is 8.47. The lowest BCUT2D eigenvalue weighted by Gasteiger charge is -2.41. The number of nitrogens with zero attached hydrogens (tertiary/aromatic N) is 1. The van der Waals surface area contributed by atoms with Crippen LogP contribution in [0.25, 0.3) is 38.6 Å². The molecule has 0 radical (unpaired) electrons. The third kappa shape index (κ3) is 2.30. The second kappa shape index (κ2) is 6.55. The quantitative estimate of drug-likeness (QED) is 0.277. The van der Waals surface area contributed by atoms with Gasteiger partial charge in [0.2, 0.25) is 6.71 Å². The summed E-state index contributed by atoms with van der Waals surface area (Å²) in [6.07, 6.45) is 0. The Labute approximate surface area is 205 Å². The Hall–Kier alpha value is -4.04. The average Bonchev–Trinajstić information content (AvgIpc) is 3.25. The molecule has 0 fully saturated rings. The van der Waals surface area contributed by atoms with Gasteiger partial charge in [0, 0.05) is 27.4 Å². The molecule has 3 heterocycles. The maximum absolute atomic E-state index is 2.55. The van der Waals surface area contributed by atoms with E-state index in [1.807, 2.05) is 0 Å². The van der Waals surface area contributed by atoms with E-state index >= 15 is 0 Å². The lowest BCUT2D eigenvalue weighted by atomic mass is 9.30. The molecule has 0 bridgehead atoms. The van der Waals surface area contributed by atoms with Gasteiger partial charge in [0.25, 0.3) is 0 Å². The Kier molecular flexibility index (Phi) is 3.61. The van der Waals surface area contributed by atoms with E-state index in [1.165, 1.54) is 66.1 Å². The van der Waals surface area contributed by atoms with E-state index in [0.717, 1.165) is 0 Å². The first-order chi connectivity index (χ1) is 17.2. The zero-order chi connectivity index (χ0) is 23.3. The van der Waals surface area contributed by atoms with Gasteiger partial charge in [-0.05, 0) is 45.3 Å². The molecule has 0 spiro atoms. The third-order valence-electron chi connectivity index (χ3n) is 8.47. The SMILES string of the molecule is CC1(C)c2ccccc2B2c3ccccc3-n3c4cccc(-c5ccccc5)c4c4ccc1c2c43. The van der Waals surface area contributed by atoms with Crippen molar-refractivity contribution in [3.8, 4) is 16.8 Å². The van der Waals surface area contributed by atoms with E-state index in [9.17, 15) is 0 Å². The zero-order valence-corrected chi connectivity index (χ0v) is 19.9. The fourth-order valence-corrected chi connectivity index (χ4v) is 7.00. The van der Waals surface area contributed by atoms with Crippen LogP contribution in [-0.4, -0.2) is 11.3 Å². The lowest BCUT2D eigenvalue weighted by Crippen LogP contribution is -2.63. The van der Waals surface area contributed by atoms with Crippen molar-refractivity contribution in [2.75, 3.05) is 0 Å². The molecular weight excluding hydrogens is 421 g/mol. The van der Waals surface area contributed by atoms with Gasteiger partial charge >= 0.3 is 0 Å². The molecule has 0 atom stereocenters. The van der Waals surface area contributed by atoms with Crippen molar-refractivity contribution in [2.45, 2.75) is 19.3 Å². The second-order valence-electron chi connectivity index (χ2n) is 10.5. The number of hydrogen-bond donors (Lipinski definition) is 0. The number of aromatic nitrogens is 1. The largest absolute Gasteiger partial charge is 0.310 e. The van der Waals surface area contributed by atoms with Crippen LogP contribution in [0.5, 0.6) is 0 Å². The van der Waals surface area contributed by atoms with Gasteiger partial charge < -0.3 is 4.57 Å². The van der Waals surface area contributed by atoms with E-state index in [-0.39, 0.29) is 12.1 Å². The predicted molar refractivity (Wildman–Crippen MR) is 149 cm³/mol. The van der Waals surface area contributed by atoms with Crippen LogP contribution in [0.4, 0.5) is 0 Å². The Morgan fingerprint density at radius 2 is 1.37 bits per heavy atom. The molecule has 0 saturated heterocycles. The monoisotopic (exact) mass is 445 g/mol. The molecule has 0 amide bonds. The Morgan fingerprint density at radius 3 is 2.23 bits per heavy atom. The van der Waals surface area contributed by atoms with Crippen LogP contribution in [-0.2, 0) is 5.41 Å². The van der Waals surface area contributed by atoms with E-state index in [0.29, 0.717) is 0 Å². The van der Waals surface area contributed by atoms with Crippen LogP contribution < -0.4 is 16.4 Å². The van der Waals surface area contributed by atoms with Gasteiger partial charge in [-0.3, -0.25) is 0 Å². The highest BCUT2D eigenvalue weighted by molar-refractivity contribution is 6.99. The molecule has 35 heavy (non-hydrogen) atoms. The predicted octanol–water partition coefficient (Wildman–Crippen LogP) is 5.92. The number of rotatable bonds is 1. The smallest absolute Gasteiger partial charge is 0.247 e. The van der Waals surface area contributed by atoms with Gasteiger partial charge in [-0.2, -0.15) is 0 Å². The minimum Gasteiger partial charge on any atom is -0.310 e. The first kappa shape index (κ1) is 19.3. The highest BCUT2D eigenvalue weighted by Crippen LogP contribution is 2.43. The van der Waals surface area contributed by atoms with Gasteiger partial charge in [0.1, 0.15) is 0 Å². The molecule has 2 heteroatoms. The van der Waals surface area contributed by atoms with Crippen LogP contribution in [0.1, 0.15) is 25.0 Å². The summed E-state index contributed by atoms with van der Waals surface area (Å²) in [5.74, 6) is 0. The second-order valence-corrected chi connectivity index (χ2v) is 10.5. The number of hydrogen-bond acceptors (Lipinski definition) is 0. The van der Waals surface area contributed by atoms with E-state index in [2.05, 4.69) is 128 Å². The summed E-state index contributed by atoms with van der Waals surface area (Å²) in [4.78, 5) is 0. The molecule has 0 N–H and O–H groups in total. The van der Waals surface area contributed by atoms with Gasteiger partial charge in [-0.1, -0.05) is 116 Å². The molecule has 0 saturated carbocycles. The molecule has 164 valence electrons. The first-order valence-corrected chi connectivity index (χ1v) is 12.5. The van der Waals surface area contributed by atoms with Crippen LogP contribution in [0, 0.1) is 0 Å². The van der Waals surface area contributed by atoms with Crippen LogP contribution in [0.2, 0.25) is 0 Å². The van der Waals surface area contributed by atoms with Crippen molar-refractivity contribution in [1.82, 2.24) is 4.57 Å². The Balaban J connectivity index is 1.62. The molecule has 8 rings (SSSR count). The van der Waals surface area contributed by atoms with E-state index < -0.39 is 0 Å². The molecule has 0 aliphatic carbocycles. The number of benzene rings is 5. The van der Waals surface area contributed by atoms with Gasteiger partial charge in [-0.25, -0.2) is 0 Å². The molecule has 2 aliphatic rings. The van der Waals surface area contributed by atoms with Crippen molar-refractivity contribution in [2.24, 2.45) is 0 Å². The van der Waals surface area contributed by atoms with Crippen molar-refractivity contribution < 1.29 is 0 Å². The molecular formula is C33H24BN. The van der Waals surface area contributed by atoms with Crippen molar-refractivity contribution in [1.29, 1.82) is 0 Å². The molecule has 0 unspecified atom stereocenters. The maximum atomic E-state index is 2.55. The topological polar surface area (TPSA) is 4.93 Å². The summed E-state index contributed by atoms with van der Waals surface area (Å²) in [6, 6.07) is 40.6. The van der Waals surface area contributed by atoms with Gasteiger partial charge in [-0.15, -0.1) is 0 Å². The highest BCUT2D eigenvalue weighted by Gasteiger charge is 2.44. The Bertz CT molecular complexity index is 1820. The van der Waals surface area contributed by atoms with Gasteiger partial charge in [0.15, 0.2) is 0 Å². The summed E-state index contributed by atoms with van der Waals surface area (Å²) in [6.45, 7) is 5.04. The average molecular weight is 445 g/mol. The summed E-state index contributed by atoms with van der Waals surface area (Å²) >= 11 is 0. The fourth-order valence-electron chi connectivity index (χ4n) is 7.00. The summed E-state index contributed by atoms with van der Waals surface area (Å²) in [5, 5.41) is 2.71. The lowest BCUT2D eigenvalue weighted by molar-refractivity contribution is 0.646. The van der Waals surface area contributed by atoms with E-state index in [4.69, 9.17) is 0 Å². The minimum absolute atomic E-state index is 0.0492. The summed E-state index contributed by atoms with van der Waals surface area (Å²) in [5.41, 5.74) is 13.7. The standard InChI is InChI=1S/C33H24BN/c1-33(2)24-14-6-7-15-26(24)34-27-16-8-9-17-28(27)35-29-18-10-13-22(21-11-4-3-5-12-21)30(29)23-19-20-25(33)31(34)32(23)35/h3-20H,1-2H3. The highest BCUT2D eigenvalue weighted by atomic mass is 15.0. The normalized spacial score (nSPS) is 14.7. The summed E-state index contributed by atoms with van der Waals surface area (Å²) in [7, 11) is 0. The molecule has 1 aromatic heterocycles. The van der Waals surface area contributed by atoms with Crippen molar-refractivity contribution in [3.63, 3.8) is 0 Å². The zero-order valence-electron chi connectivity index (χ0n) is 19.9. The van der Waals surface area contributed by atoms with Gasteiger partial charge in [0.05, 0.1) is 5.52 Å². The summed E-state index contributed by atoms with van der Waals surface area (Å²) < 4.78 is 2.55. The molecule has 5 aromatic carbocycles. The van der Waals surface area contributed by atoms with E-state index in [1.54, 1.807) is 0 Å². The fraction of sp³-hybridized carbons (Fsp3) is 0.0909. The van der Waals surface area contributed by atoms with Crippen molar-refractivity contribution in [3.05, 3.63) is 120 Å². The molecule has 6 aromatic rings. The van der Waals surface area contributed by atoms with Crippen molar-refractivity contribution >= 4 is 44.9 Å².